The molecule has 3 atom stereocenters. The standard InChI is InChI=1S/C26H25ClF2O2.C5H10O2.C2H6/c1-5-13-30-19-12-11-15(2)21(25(19)29)23-22-16(3)26(4,17-9-7-6-8-10-17)31-20(22)14-18(28)24(23)27;6-5-3-1-2-4-7-5;1-2/h6-12,14,16H,5,13H2,1-4H3;5-6H,1-4H2;1-2H3/t16-,26-;;/m0../s1. The Bertz CT molecular complexity index is 1260. The maximum Gasteiger partial charge on any atom is 0.173 e. The molecule has 5 rings (SSSR count). The summed E-state index contributed by atoms with van der Waals surface area (Å²) in [5, 5.41) is 8.58. The minimum atomic E-state index is -0.740. The number of rotatable bonds is 5. The van der Waals surface area contributed by atoms with Gasteiger partial charge in [0.15, 0.2) is 17.9 Å². The van der Waals surface area contributed by atoms with Crippen LogP contribution >= 0.6 is 11.6 Å². The summed E-state index contributed by atoms with van der Waals surface area (Å²) >= 11 is 6.48. The van der Waals surface area contributed by atoms with Crippen molar-refractivity contribution < 1.29 is 28.1 Å². The van der Waals surface area contributed by atoms with Crippen LogP contribution in [0.15, 0.2) is 48.5 Å². The van der Waals surface area contributed by atoms with Gasteiger partial charge in [-0.05, 0) is 56.7 Å². The number of benzene rings is 3. The van der Waals surface area contributed by atoms with E-state index >= 15 is 4.39 Å². The van der Waals surface area contributed by atoms with Crippen molar-refractivity contribution in [3.63, 3.8) is 0 Å². The van der Waals surface area contributed by atoms with Gasteiger partial charge in [0.05, 0.1) is 11.6 Å². The molecule has 40 heavy (non-hydrogen) atoms. The van der Waals surface area contributed by atoms with Crippen molar-refractivity contribution in [1.82, 2.24) is 0 Å². The number of hydrogen-bond donors (Lipinski definition) is 1. The van der Waals surface area contributed by atoms with E-state index in [1.54, 1.807) is 19.1 Å². The van der Waals surface area contributed by atoms with E-state index in [2.05, 4.69) is 0 Å². The molecule has 0 radical (unpaired) electrons. The van der Waals surface area contributed by atoms with Crippen LogP contribution in [-0.2, 0) is 10.3 Å². The highest BCUT2D eigenvalue weighted by molar-refractivity contribution is 6.34. The average molecular weight is 575 g/mol. The fraction of sp³-hybridized carbons (Fsp3) is 0.455. The van der Waals surface area contributed by atoms with Gasteiger partial charge in [-0.15, -0.1) is 0 Å². The summed E-state index contributed by atoms with van der Waals surface area (Å²) in [6, 6.07) is 14.4. The maximum absolute atomic E-state index is 15.6. The third-order valence-electron chi connectivity index (χ3n) is 7.33. The summed E-state index contributed by atoms with van der Waals surface area (Å²) in [6.07, 6.45) is 3.32. The highest BCUT2D eigenvalue weighted by Crippen LogP contribution is 2.56. The highest BCUT2D eigenvalue weighted by Gasteiger charge is 2.46. The topological polar surface area (TPSA) is 47.9 Å². The lowest BCUT2D eigenvalue weighted by atomic mass is 9.79. The lowest BCUT2D eigenvalue weighted by Gasteiger charge is -2.29. The van der Waals surface area contributed by atoms with Crippen molar-refractivity contribution in [2.24, 2.45) is 0 Å². The summed E-state index contributed by atoms with van der Waals surface area (Å²) in [5.41, 5.74) is 2.15. The van der Waals surface area contributed by atoms with Gasteiger partial charge < -0.3 is 19.3 Å². The molecule has 1 saturated heterocycles. The summed E-state index contributed by atoms with van der Waals surface area (Å²) in [4.78, 5) is 0. The second-order valence-corrected chi connectivity index (χ2v) is 10.4. The zero-order chi connectivity index (χ0) is 29.4. The second kappa shape index (κ2) is 14.3. The Labute approximate surface area is 242 Å². The molecule has 1 unspecified atom stereocenters. The van der Waals surface area contributed by atoms with Crippen LogP contribution in [0.25, 0.3) is 11.1 Å². The van der Waals surface area contributed by atoms with E-state index in [1.165, 1.54) is 6.07 Å². The molecule has 7 heteroatoms. The predicted molar refractivity (Wildman–Crippen MR) is 157 cm³/mol. The molecular weight excluding hydrogens is 534 g/mol. The van der Waals surface area contributed by atoms with Crippen molar-refractivity contribution in [3.05, 3.63) is 81.9 Å². The van der Waals surface area contributed by atoms with E-state index in [0.29, 0.717) is 29.0 Å². The first-order valence-corrected chi connectivity index (χ1v) is 14.5. The first kappa shape index (κ1) is 31.9. The Kier molecular flexibility index (Phi) is 11.4. The SMILES string of the molecule is CC.CCCOc1ccc(C)c(-c2c(Cl)c(F)cc3c2[C@H](C)[C@@](C)(c2ccccc2)O3)c1F.OC1CCCCO1. The summed E-state index contributed by atoms with van der Waals surface area (Å²) in [7, 11) is 0. The molecule has 0 aliphatic carbocycles. The Morgan fingerprint density at radius 1 is 1.07 bits per heavy atom. The van der Waals surface area contributed by atoms with Crippen LogP contribution in [0.3, 0.4) is 0 Å². The fourth-order valence-corrected chi connectivity index (χ4v) is 5.30. The zero-order valence-corrected chi connectivity index (χ0v) is 25.1. The average Bonchev–Trinajstić information content (AvgIpc) is 3.22. The van der Waals surface area contributed by atoms with Crippen molar-refractivity contribution in [2.45, 2.75) is 85.0 Å². The molecule has 0 amide bonds. The molecule has 0 bridgehead atoms. The molecule has 0 saturated carbocycles. The van der Waals surface area contributed by atoms with Gasteiger partial charge in [-0.3, -0.25) is 0 Å². The predicted octanol–water partition coefficient (Wildman–Crippen LogP) is 9.33. The number of aryl methyl sites for hydroxylation is 1. The normalized spacial score (nSPS) is 21.2. The van der Waals surface area contributed by atoms with Crippen molar-refractivity contribution in [1.29, 1.82) is 0 Å². The van der Waals surface area contributed by atoms with Gasteiger partial charge in [-0.1, -0.05) is 75.7 Å². The van der Waals surface area contributed by atoms with Gasteiger partial charge in [-0.2, -0.15) is 0 Å². The second-order valence-electron chi connectivity index (χ2n) is 10.00. The van der Waals surface area contributed by atoms with Crippen molar-refractivity contribution in [3.8, 4) is 22.6 Å². The third-order valence-corrected chi connectivity index (χ3v) is 7.70. The molecule has 0 spiro atoms. The van der Waals surface area contributed by atoms with E-state index in [-0.39, 0.29) is 22.3 Å². The maximum atomic E-state index is 15.6. The van der Waals surface area contributed by atoms with Crippen LogP contribution in [0.2, 0.25) is 5.02 Å². The van der Waals surface area contributed by atoms with Crippen LogP contribution in [0.1, 0.15) is 82.9 Å². The zero-order valence-electron chi connectivity index (χ0n) is 24.3. The minimum Gasteiger partial charge on any atom is -0.491 e. The van der Waals surface area contributed by atoms with Gasteiger partial charge in [0.2, 0.25) is 0 Å². The summed E-state index contributed by atoms with van der Waals surface area (Å²) in [6.45, 7) is 12.8. The van der Waals surface area contributed by atoms with E-state index in [4.69, 9.17) is 30.9 Å². The summed E-state index contributed by atoms with van der Waals surface area (Å²) < 4.78 is 47.3. The Morgan fingerprint density at radius 3 is 2.35 bits per heavy atom. The quantitative estimate of drug-likeness (QED) is 0.330. The Morgan fingerprint density at radius 2 is 1.77 bits per heavy atom. The van der Waals surface area contributed by atoms with Crippen LogP contribution < -0.4 is 9.47 Å². The third kappa shape index (κ3) is 6.62. The fourth-order valence-electron chi connectivity index (χ4n) is 5.05. The molecule has 3 aromatic rings. The van der Waals surface area contributed by atoms with E-state index in [1.807, 2.05) is 65.0 Å². The number of fused-ring (bicyclic) bond motifs is 1. The Hall–Kier alpha value is -2.67. The number of aliphatic hydroxyl groups excluding tert-OH is 1. The molecule has 2 heterocycles. The van der Waals surface area contributed by atoms with Gasteiger partial charge in [0, 0.05) is 35.3 Å². The van der Waals surface area contributed by atoms with Gasteiger partial charge >= 0.3 is 0 Å². The smallest absolute Gasteiger partial charge is 0.173 e. The highest BCUT2D eigenvalue weighted by atomic mass is 35.5. The van der Waals surface area contributed by atoms with E-state index < -0.39 is 23.5 Å². The summed E-state index contributed by atoms with van der Waals surface area (Å²) in [5.74, 6) is -0.859. The van der Waals surface area contributed by atoms with Gasteiger partial charge in [0.25, 0.3) is 0 Å². The number of ether oxygens (including phenoxy) is 3. The van der Waals surface area contributed by atoms with E-state index in [9.17, 15) is 4.39 Å². The number of hydrogen-bond acceptors (Lipinski definition) is 4. The number of halogens is 3. The molecule has 218 valence electrons. The van der Waals surface area contributed by atoms with Crippen LogP contribution in [0, 0.1) is 18.6 Å². The molecule has 1 N–H and O–H groups in total. The lowest BCUT2D eigenvalue weighted by Crippen LogP contribution is -2.30. The molecule has 2 aliphatic rings. The van der Waals surface area contributed by atoms with Gasteiger partial charge in [-0.25, -0.2) is 8.78 Å². The van der Waals surface area contributed by atoms with Crippen LogP contribution in [0.4, 0.5) is 8.78 Å². The van der Waals surface area contributed by atoms with Gasteiger partial charge in [0.1, 0.15) is 17.2 Å². The molecule has 4 nitrogen and oxygen atoms in total. The lowest BCUT2D eigenvalue weighted by molar-refractivity contribution is -0.123. The van der Waals surface area contributed by atoms with Crippen molar-refractivity contribution >= 4 is 11.6 Å². The molecule has 0 aromatic heterocycles. The Balaban J connectivity index is 0.000000422. The minimum absolute atomic E-state index is 0.110. The van der Waals surface area contributed by atoms with Crippen LogP contribution in [0.5, 0.6) is 11.5 Å². The monoisotopic (exact) mass is 574 g/mol. The first-order chi connectivity index (χ1) is 19.2. The van der Waals surface area contributed by atoms with E-state index in [0.717, 1.165) is 37.9 Å². The number of aliphatic hydroxyl groups is 1. The van der Waals surface area contributed by atoms with Crippen LogP contribution in [-0.4, -0.2) is 24.6 Å². The molecular formula is C33H41ClF2O4. The molecule has 1 fully saturated rings. The molecule has 2 aliphatic heterocycles. The first-order valence-electron chi connectivity index (χ1n) is 14.2. The van der Waals surface area contributed by atoms with Crippen molar-refractivity contribution in [2.75, 3.05) is 13.2 Å². The largest absolute Gasteiger partial charge is 0.491 e. The molecule has 3 aromatic carbocycles.